The molecule has 2 rings (SSSR count). The number of benzene rings is 2. The Kier molecular flexibility index (Phi) is 5.99. The third-order valence-corrected chi connectivity index (χ3v) is 3.32. The Hall–Kier alpha value is -4.21. The molecule has 0 atom stereocenters. The Bertz CT molecular complexity index is 982. The Morgan fingerprint density at radius 3 is 2.08 bits per heavy atom. The van der Waals surface area contributed by atoms with E-state index >= 15 is 0 Å². The minimum atomic E-state index is -0.349. The summed E-state index contributed by atoms with van der Waals surface area (Å²) in [5.41, 5.74) is 1.09. The molecule has 0 heterocycles. The molecule has 2 aromatic carbocycles. The van der Waals surface area contributed by atoms with Crippen molar-refractivity contribution in [3.8, 4) is 18.2 Å². The first-order valence-electron chi connectivity index (χ1n) is 7.37. The number of halogens is 1. The van der Waals surface area contributed by atoms with Crippen molar-refractivity contribution >= 4 is 17.5 Å². The van der Waals surface area contributed by atoms with E-state index in [1.807, 2.05) is 0 Å². The van der Waals surface area contributed by atoms with Crippen LogP contribution in [0.2, 0.25) is 0 Å². The molecule has 0 unspecified atom stereocenters. The molecule has 0 fully saturated rings. The van der Waals surface area contributed by atoms with Crippen molar-refractivity contribution in [1.82, 2.24) is 0 Å². The SMILES string of the molecule is N#CC(C#N)=C(C#N)Nc1ccc(C(=O)C=Cc2ccc(F)cc2)cc1. The largest absolute Gasteiger partial charge is 0.345 e. The first kappa shape index (κ1) is 18.1. The fourth-order valence-electron chi connectivity index (χ4n) is 1.99. The normalized spacial score (nSPS) is 9.62. The van der Waals surface area contributed by atoms with Gasteiger partial charge in [0.15, 0.2) is 11.4 Å². The Morgan fingerprint density at radius 1 is 0.923 bits per heavy atom. The molecule has 0 aliphatic rings. The topological polar surface area (TPSA) is 100 Å². The van der Waals surface area contributed by atoms with Crippen molar-refractivity contribution in [3.05, 3.63) is 82.8 Å². The molecule has 0 aliphatic carbocycles. The van der Waals surface area contributed by atoms with E-state index < -0.39 is 0 Å². The second kappa shape index (κ2) is 8.59. The van der Waals surface area contributed by atoms with Crippen molar-refractivity contribution in [2.45, 2.75) is 0 Å². The quantitative estimate of drug-likeness (QED) is 0.503. The van der Waals surface area contributed by atoms with Crippen LogP contribution < -0.4 is 5.32 Å². The number of ketones is 1. The number of anilines is 1. The summed E-state index contributed by atoms with van der Waals surface area (Å²) in [6, 6.07) is 17.0. The molecule has 0 saturated heterocycles. The number of allylic oxidation sites excluding steroid dienone is 3. The van der Waals surface area contributed by atoms with E-state index in [1.54, 1.807) is 60.7 Å². The van der Waals surface area contributed by atoms with Gasteiger partial charge in [-0.25, -0.2) is 4.39 Å². The van der Waals surface area contributed by atoms with Crippen LogP contribution in [0.1, 0.15) is 15.9 Å². The molecule has 0 amide bonds. The average Bonchev–Trinajstić information content (AvgIpc) is 2.68. The fraction of sp³-hybridized carbons (Fsp3) is 0. The molecular formula is C20H11FN4O. The van der Waals surface area contributed by atoms with E-state index in [1.165, 1.54) is 18.2 Å². The minimum absolute atomic E-state index is 0.162. The molecule has 0 radical (unpaired) electrons. The van der Waals surface area contributed by atoms with E-state index in [9.17, 15) is 9.18 Å². The molecule has 5 nitrogen and oxygen atoms in total. The lowest BCUT2D eigenvalue weighted by Crippen LogP contribution is -2.01. The predicted molar refractivity (Wildman–Crippen MR) is 93.7 cm³/mol. The van der Waals surface area contributed by atoms with Crippen LogP contribution in [0.3, 0.4) is 0 Å². The summed E-state index contributed by atoms with van der Waals surface area (Å²) in [7, 11) is 0. The number of rotatable bonds is 5. The van der Waals surface area contributed by atoms with Crippen LogP contribution in [0.15, 0.2) is 65.9 Å². The van der Waals surface area contributed by atoms with Gasteiger partial charge in [-0.05, 0) is 48.0 Å². The van der Waals surface area contributed by atoms with Crippen molar-refractivity contribution in [2.75, 3.05) is 5.32 Å². The van der Waals surface area contributed by atoms with Crippen LogP contribution in [0, 0.1) is 39.8 Å². The van der Waals surface area contributed by atoms with E-state index in [2.05, 4.69) is 5.32 Å². The lowest BCUT2D eigenvalue weighted by Gasteiger charge is -2.05. The van der Waals surface area contributed by atoms with Crippen molar-refractivity contribution < 1.29 is 9.18 Å². The van der Waals surface area contributed by atoms with Crippen molar-refractivity contribution in [3.63, 3.8) is 0 Å². The molecule has 0 spiro atoms. The zero-order chi connectivity index (χ0) is 18.9. The molecule has 0 bridgehead atoms. The van der Waals surface area contributed by atoms with Crippen LogP contribution in [0.25, 0.3) is 6.08 Å². The Morgan fingerprint density at radius 2 is 1.54 bits per heavy atom. The summed E-state index contributed by atoms with van der Waals surface area (Å²) in [6.45, 7) is 0. The minimum Gasteiger partial charge on any atom is -0.345 e. The third-order valence-electron chi connectivity index (χ3n) is 3.32. The van der Waals surface area contributed by atoms with Crippen LogP contribution in [-0.2, 0) is 0 Å². The van der Waals surface area contributed by atoms with E-state index in [4.69, 9.17) is 15.8 Å². The van der Waals surface area contributed by atoms with Gasteiger partial charge in [0, 0.05) is 11.3 Å². The van der Waals surface area contributed by atoms with Gasteiger partial charge in [0.1, 0.15) is 29.7 Å². The average molecular weight is 342 g/mol. The number of hydrogen-bond acceptors (Lipinski definition) is 5. The first-order valence-corrected chi connectivity index (χ1v) is 7.37. The number of nitrogens with one attached hydrogen (secondary N) is 1. The zero-order valence-corrected chi connectivity index (χ0v) is 13.4. The molecule has 0 aliphatic heterocycles. The van der Waals surface area contributed by atoms with Gasteiger partial charge in [0.25, 0.3) is 0 Å². The molecule has 124 valence electrons. The van der Waals surface area contributed by atoms with Gasteiger partial charge in [-0.3, -0.25) is 4.79 Å². The summed E-state index contributed by atoms with van der Waals surface area (Å²) < 4.78 is 12.8. The Balaban J connectivity index is 2.12. The zero-order valence-electron chi connectivity index (χ0n) is 13.4. The highest BCUT2D eigenvalue weighted by Gasteiger charge is 2.07. The number of hydrogen-bond donors (Lipinski definition) is 1. The highest BCUT2D eigenvalue weighted by Crippen LogP contribution is 2.15. The maximum absolute atomic E-state index is 12.8. The fourth-order valence-corrected chi connectivity index (χ4v) is 1.99. The van der Waals surface area contributed by atoms with E-state index in [0.29, 0.717) is 16.8 Å². The lowest BCUT2D eigenvalue weighted by molar-refractivity contribution is 0.104. The van der Waals surface area contributed by atoms with Gasteiger partial charge in [-0.15, -0.1) is 0 Å². The third kappa shape index (κ3) is 4.64. The highest BCUT2D eigenvalue weighted by molar-refractivity contribution is 6.07. The lowest BCUT2D eigenvalue weighted by atomic mass is 10.1. The van der Waals surface area contributed by atoms with Gasteiger partial charge in [-0.1, -0.05) is 18.2 Å². The second-order valence-corrected chi connectivity index (χ2v) is 5.04. The van der Waals surface area contributed by atoms with Gasteiger partial charge in [-0.2, -0.15) is 15.8 Å². The first-order chi connectivity index (χ1) is 12.6. The summed E-state index contributed by atoms with van der Waals surface area (Å²) in [6.07, 6.45) is 2.95. The maximum Gasteiger partial charge on any atom is 0.185 e. The van der Waals surface area contributed by atoms with Crippen molar-refractivity contribution in [1.29, 1.82) is 15.8 Å². The number of nitriles is 3. The predicted octanol–water partition coefficient (Wildman–Crippen LogP) is 3.96. The molecule has 1 N–H and O–H groups in total. The van der Waals surface area contributed by atoms with Gasteiger partial charge in [0.05, 0.1) is 0 Å². The smallest absolute Gasteiger partial charge is 0.185 e. The molecule has 0 aromatic heterocycles. The van der Waals surface area contributed by atoms with Gasteiger partial charge >= 0.3 is 0 Å². The number of carbonyl (C=O) groups is 1. The highest BCUT2D eigenvalue weighted by atomic mass is 19.1. The van der Waals surface area contributed by atoms with E-state index in [-0.39, 0.29) is 22.9 Å². The Labute approximate surface area is 149 Å². The molecule has 6 heteroatoms. The van der Waals surface area contributed by atoms with Crippen LogP contribution >= 0.6 is 0 Å². The summed E-state index contributed by atoms with van der Waals surface area (Å²) in [5, 5.41) is 29.3. The molecule has 26 heavy (non-hydrogen) atoms. The standard InChI is InChI=1S/C20H11FN4O/c21-17-6-1-14(2-7-17)3-10-20(26)15-4-8-18(9-5-15)25-19(13-24)16(11-22)12-23/h1-10,25H. The maximum atomic E-state index is 12.8. The van der Waals surface area contributed by atoms with Gasteiger partial charge in [0.2, 0.25) is 0 Å². The summed E-state index contributed by atoms with van der Waals surface area (Å²) in [4.78, 5) is 12.1. The van der Waals surface area contributed by atoms with Crippen LogP contribution in [0.4, 0.5) is 10.1 Å². The van der Waals surface area contributed by atoms with E-state index in [0.717, 1.165) is 0 Å². The van der Waals surface area contributed by atoms with Crippen LogP contribution in [0.5, 0.6) is 0 Å². The number of nitrogens with zero attached hydrogens (tertiary/aromatic N) is 3. The molecule has 0 saturated carbocycles. The molecule has 2 aromatic rings. The van der Waals surface area contributed by atoms with Crippen molar-refractivity contribution in [2.24, 2.45) is 0 Å². The molecular weight excluding hydrogens is 331 g/mol. The number of carbonyl (C=O) groups excluding carboxylic acids is 1. The monoisotopic (exact) mass is 342 g/mol. The van der Waals surface area contributed by atoms with Crippen LogP contribution in [-0.4, -0.2) is 5.78 Å². The summed E-state index contributed by atoms with van der Waals surface area (Å²) in [5.74, 6) is -0.593. The summed E-state index contributed by atoms with van der Waals surface area (Å²) >= 11 is 0. The van der Waals surface area contributed by atoms with Gasteiger partial charge < -0.3 is 5.32 Å². The second-order valence-electron chi connectivity index (χ2n) is 5.04.